The van der Waals surface area contributed by atoms with Crippen molar-refractivity contribution in [3.05, 3.63) is 0 Å². The number of rotatable bonds is 8. The van der Waals surface area contributed by atoms with Gasteiger partial charge in [0, 0.05) is 27.3 Å². The van der Waals surface area contributed by atoms with E-state index in [9.17, 15) is 4.79 Å². The number of methoxy groups -OCH3 is 2. The minimum absolute atomic E-state index is 0.0182. The number of amides is 1. The SMILES string of the molecule is COCCNC(=O)C(C)NCC(C)OC. The summed E-state index contributed by atoms with van der Waals surface area (Å²) in [4.78, 5) is 11.4. The minimum atomic E-state index is -0.209. The van der Waals surface area contributed by atoms with Crippen LogP contribution in [0.1, 0.15) is 13.8 Å². The average molecular weight is 218 g/mol. The van der Waals surface area contributed by atoms with Gasteiger partial charge in [0.25, 0.3) is 0 Å². The smallest absolute Gasteiger partial charge is 0.236 e. The molecule has 5 heteroatoms. The van der Waals surface area contributed by atoms with Crippen LogP contribution >= 0.6 is 0 Å². The maximum atomic E-state index is 11.4. The van der Waals surface area contributed by atoms with Gasteiger partial charge in [0.05, 0.1) is 18.8 Å². The molecule has 0 aromatic heterocycles. The summed E-state index contributed by atoms with van der Waals surface area (Å²) in [6.07, 6.45) is 0.110. The molecular weight excluding hydrogens is 196 g/mol. The third-order valence-corrected chi connectivity index (χ3v) is 2.11. The Balaban J connectivity index is 3.60. The van der Waals surface area contributed by atoms with Gasteiger partial charge < -0.3 is 20.1 Å². The van der Waals surface area contributed by atoms with E-state index < -0.39 is 0 Å². The van der Waals surface area contributed by atoms with Gasteiger partial charge in [0.1, 0.15) is 0 Å². The van der Waals surface area contributed by atoms with Crippen molar-refractivity contribution in [2.75, 3.05) is 33.9 Å². The molecule has 5 nitrogen and oxygen atoms in total. The summed E-state index contributed by atoms with van der Waals surface area (Å²) in [7, 11) is 3.25. The minimum Gasteiger partial charge on any atom is -0.383 e. The van der Waals surface area contributed by atoms with Crippen LogP contribution in [-0.2, 0) is 14.3 Å². The van der Waals surface area contributed by atoms with Crippen molar-refractivity contribution in [2.24, 2.45) is 0 Å². The van der Waals surface area contributed by atoms with Crippen LogP contribution in [0.15, 0.2) is 0 Å². The second-order valence-electron chi connectivity index (χ2n) is 3.46. The predicted molar refractivity (Wildman–Crippen MR) is 58.8 cm³/mol. The molecular formula is C10H22N2O3. The van der Waals surface area contributed by atoms with Gasteiger partial charge in [-0.3, -0.25) is 4.79 Å². The van der Waals surface area contributed by atoms with Crippen LogP contribution < -0.4 is 10.6 Å². The van der Waals surface area contributed by atoms with E-state index in [1.807, 2.05) is 13.8 Å². The van der Waals surface area contributed by atoms with Crippen molar-refractivity contribution in [1.29, 1.82) is 0 Å². The molecule has 0 aromatic rings. The Morgan fingerprint density at radius 1 is 1.33 bits per heavy atom. The van der Waals surface area contributed by atoms with Crippen molar-refractivity contribution in [3.8, 4) is 0 Å². The Hall–Kier alpha value is -0.650. The Morgan fingerprint density at radius 2 is 2.00 bits per heavy atom. The van der Waals surface area contributed by atoms with E-state index in [0.717, 1.165) is 0 Å². The van der Waals surface area contributed by atoms with Crippen molar-refractivity contribution < 1.29 is 14.3 Å². The van der Waals surface area contributed by atoms with Gasteiger partial charge in [-0.05, 0) is 13.8 Å². The van der Waals surface area contributed by atoms with Crippen molar-refractivity contribution in [2.45, 2.75) is 26.0 Å². The highest BCUT2D eigenvalue weighted by atomic mass is 16.5. The fourth-order valence-corrected chi connectivity index (χ4v) is 0.948. The molecule has 2 atom stereocenters. The molecule has 0 saturated carbocycles. The van der Waals surface area contributed by atoms with E-state index in [-0.39, 0.29) is 18.1 Å². The second kappa shape index (κ2) is 8.64. The average Bonchev–Trinajstić information content (AvgIpc) is 2.25. The summed E-state index contributed by atoms with van der Waals surface area (Å²) < 4.78 is 9.90. The Labute approximate surface area is 91.5 Å². The largest absolute Gasteiger partial charge is 0.383 e. The van der Waals surface area contributed by atoms with E-state index in [4.69, 9.17) is 9.47 Å². The van der Waals surface area contributed by atoms with E-state index in [1.165, 1.54) is 0 Å². The molecule has 0 saturated heterocycles. The van der Waals surface area contributed by atoms with Gasteiger partial charge in [-0.1, -0.05) is 0 Å². The molecule has 90 valence electrons. The van der Waals surface area contributed by atoms with E-state index in [1.54, 1.807) is 14.2 Å². The monoisotopic (exact) mass is 218 g/mol. The van der Waals surface area contributed by atoms with E-state index in [0.29, 0.717) is 19.7 Å². The molecule has 0 radical (unpaired) electrons. The molecule has 2 unspecified atom stereocenters. The lowest BCUT2D eigenvalue weighted by atomic mass is 10.3. The standard InChI is InChI=1S/C10H22N2O3/c1-8(15-4)7-12-9(2)10(13)11-5-6-14-3/h8-9,12H,5-7H2,1-4H3,(H,11,13). The fourth-order valence-electron chi connectivity index (χ4n) is 0.948. The molecule has 0 aromatic carbocycles. The summed E-state index contributed by atoms with van der Waals surface area (Å²) in [6.45, 7) is 5.51. The first kappa shape index (κ1) is 14.3. The van der Waals surface area contributed by atoms with E-state index in [2.05, 4.69) is 10.6 Å². The van der Waals surface area contributed by atoms with Crippen molar-refractivity contribution in [3.63, 3.8) is 0 Å². The first-order valence-corrected chi connectivity index (χ1v) is 5.14. The molecule has 0 aliphatic carbocycles. The summed E-state index contributed by atoms with van der Waals surface area (Å²) in [5.41, 5.74) is 0. The molecule has 0 heterocycles. The lowest BCUT2D eigenvalue weighted by Gasteiger charge is -2.16. The zero-order valence-corrected chi connectivity index (χ0v) is 10.0. The Morgan fingerprint density at radius 3 is 2.53 bits per heavy atom. The highest BCUT2D eigenvalue weighted by molar-refractivity contribution is 5.81. The zero-order chi connectivity index (χ0) is 11.7. The zero-order valence-electron chi connectivity index (χ0n) is 10.0. The number of nitrogens with one attached hydrogen (secondary N) is 2. The number of carbonyl (C=O) groups excluding carboxylic acids is 1. The molecule has 0 fully saturated rings. The van der Waals surface area contributed by atoms with Gasteiger partial charge in [-0.2, -0.15) is 0 Å². The van der Waals surface area contributed by atoms with Crippen LogP contribution in [0.3, 0.4) is 0 Å². The first-order valence-electron chi connectivity index (χ1n) is 5.14. The third-order valence-electron chi connectivity index (χ3n) is 2.11. The van der Waals surface area contributed by atoms with Crippen LogP contribution in [-0.4, -0.2) is 52.0 Å². The predicted octanol–water partition coefficient (Wildman–Crippen LogP) is -0.238. The summed E-state index contributed by atoms with van der Waals surface area (Å²) in [6, 6.07) is -0.209. The van der Waals surface area contributed by atoms with Gasteiger partial charge >= 0.3 is 0 Å². The maximum absolute atomic E-state index is 11.4. The van der Waals surface area contributed by atoms with Crippen LogP contribution in [0.25, 0.3) is 0 Å². The Bertz CT molecular complexity index is 176. The fraction of sp³-hybridized carbons (Fsp3) is 0.900. The first-order chi connectivity index (χ1) is 7.11. The molecule has 15 heavy (non-hydrogen) atoms. The second-order valence-corrected chi connectivity index (χ2v) is 3.46. The molecule has 0 bridgehead atoms. The number of hydrogen-bond acceptors (Lipinski definition) is 4. The lowest BCUT2D eigenvalue weighted by Crippen LogP contribution is -2.45. The normalized spacial score (nSPS) is 14.7. The van der Waals surface area contributed by atoms with Gasteiger partial charge in [0.2, 0.25) is 5.91 Å². The molecule has 0 aliphatic rings. The van der Waals surface area contributed by atoms with Crippen LogP contribution in [0, 0.1) is 0 Å². The topological polar surface area (TPSA) is 59.6 Å². The summed E-state index contributed by atoms with van der Waals surface area (Å²) in [5, 5.41) is 5.84. The molecule has 0 rings (SSSR count). The summed E-state index contributed by atoms with van der Waals surface area (Å²) in [5.74, 6) is -0.0182. The summed E-state index contributed by atoms with van der Waals surface area (Å²) >= 11 is 0. The molecule has 0 spiro atoms. The van der Waals surface area contributed by atoms with E-state index >= 15 is 0 Å². The number of hydrogen-bond donors (Lipinski definition) is 2. The van der Waals surface area contributed by atoms with Gasteiger partial charge in [-0.15, -0.1) is 0 Å². The number of carbonyl (C=O) groups is 1. The van der Waals surface area contributed by atoms with Crippen LogP contribution in [0.5, 0.6) is 0 Å². The molecule has 0 aliphatic heterocycles. The highest BCUT2D eigenvalue weighted by Gasteiger charge is 2.12. The quantitative estimate of drug-likeness (QED) is 0.552. The number of ether oxygens (including phenoxy) is 2. The maximum Gasteiger partial charge on any atom is 0.236 e. The third kappa shape index (κ3) is 7.30. The van der Waals surface area contributed by atoms with Crippen LogP contribution in [0.4, 0.5) is 0 Å². The molecule has 1 amide bonds. The van der Waals surface area contributed by atoms with Crippen molar-refractivity contribution >= 4 is 5.91 Å². The van der Waals surface area contributed by atoms with Crippen molar-refractivity contribution in [1.82, 2.24) is 10.6 Å². The highest BCUT2D eigenvalue weighted by Crippen LogP contribution is 1.87. The Kier molecular flexibility index (Phi) is 8.27. The van der Waals surface area contributed by atoms with Gasteiger partial charge in [-0.25, -0.2) is 0 Å². The molecule has 2 N–H and O–H groups in total. The lowest BCUT2D eigenvalue weighted by molar-refractivity contribution is -0.123. The van der Waals surface area contributed by atoms with Gasteiger partial charge in [0.15, 0.2) is 0 Å². The van der Waals surface area contributed by atoms with Crippen LogP contribution in [0.2, 0.25) is 0 Å².